The molecule has 1 amide bonds. The van der Waals surface area contributed by atoms with Crippen molar-refractivity contribution < 1.29 is 27.4 Å². The lowest BCUT2D eigenvalue weighted by molar-refractivity contribution is -0.141. The van der Waals surface area contributed by atoms with Gasteiger partial charge in [0.15, 0.2) is 11.5 Å². The van der Waals surface area contributed by atoms with Gasteiger partial charge in [-0.25, -0.2) is 0 Å². The Morgan fingerprint density at radius 1 is 1.04 bits per heavy atom. The number of ether oxygens (including phenoxy) is 2. The quantitative estimate of drug-likeness (QED) is 0.703. The number of hydrogen-bond donors (Lipinski definition) is 1. The summed E-state index contributed by atoms with van der Waals surface area (Å²) in [6.45, 7) is 4.98. The van der Waals surface area contributed by atoms with Crippen molar-refractivity contribution in [2.24, 2.45) is 0 Å². The molecule has 2 aromatic rings. The zero-order valence-corrected chi connectivity index (χ0v) is 15.1. The van der Waals surface area contributed by atoms with Crippen LogP contribution in [0.1, 0.15) is 42.7 Å². The van der Waals surface area contributed by atoms with Crippen LogP contribution in [0.3, 0.4) is 0 Å². The van der Waals surface area contributed by atoms with E-state index in [0.29, 0.717) is 30.4 Å². The van der Waals surface area contributed by atoms with Crippen molar-refractivity contribution in [3.63, 3.8) is 0 Å². The van der Waals surface area contributed by atoms with E-state index in [4.69, 9.17) is 9.47 Å². The molecule has 0 aliphatic carbocycles. The molecule has 27 heavy (non-hydrogen) atoms. The molecular weight excluding hydrogens is 361 g/mol. The summed E-state index contributed by atoms with van der Waals surface area (Å²) < 4.78 is 48.9. The number of benzene rings is 1. The molecular formula is C19H21F3N2O3. The van der Waals surface area contributed by atoms with Crippen LogP contribution < -0.4 is 14.8 Å². The number of nitrogens with one attached hydrogen (secondary N) is 1. The van der Waals surface area contributed by atoms with E-state index in [1.807, 2.05) is 13.8 Å². The van der Waals surface area contributed by atoms with Gasteiger partial charge in [-0.15, -0.1) is 0 Å². The summed E-state index contributed by atoms with van der Waals surface area (Å²) in [6, 6.07) is 6.79. The van der Waals surface area contributed by atoms with Crippen molar-refractivity contribution in [3.05, 3.63) is 47.8 Å². The number of anilines is 1. The van der Waals surface area contributed by atoms with Gasteiger partial charge in [-0.1, -0.05) is 13.8 Å². The van der Waals surface area contributed by atoms with Crippen LogP contribution in [-0.2, 0) is 6.18 Å². The minimum atomic E-state index is -4.55. The Morgan fingerprint density at radius 2 is 1.70 bits per heavy atom. The third-order valence-corrected chi connectivity index (χ3v) is 3.44. The largest absolute Gasteiger partial charge is 0.490 e. The first kappa shape index (κ1) is 20.5. The molecule has 0 unspecified atom stereocenters. The molecule has 0 saturated heterocycles. The zero-order chi connectivity index (χ0) is 19.9. The molecule has 0 bridgehead atoms. The highest BCUT2D eigenvalue weighted by Gasteiger charge is 2.32. The van der Waals surface area contributed by atoms with E-state index in [0.717, 1.165) is 31.2 Å². The van der Waals surface area contributed by atoms with Gasteiger partial charge in [0.25, 0.3) is 5.91 Å². The minimum Gasteiger partial charge on any atom is -0.490 e. The van der Waals surface area contributed by atoms with Gasteiger partial charge in [0.2, 0.25) is 0 Å². The molecule has 1 N–H and O–H groups in total. The summed E-state index contributed by atoms with van der Waals surface area (Å²) in [4.78, 5) is 15.5. The topological polar surface area (TPSA) is 60.5 Å². The van der Waals surface area contributed by atoms with Gasteiger partial charge in [-0.05, 0) is 37.1 Å². The second kappa shape index (κ2) is 9.25. The first-order valence-corrected chi connectivity index (χ1v) is 8.59. The molecule has 0 aliphatic heterocycles. The van der Waals surface area contributed by atoms with Crippen LogP contribution in [0.15, 0.2) is 36.5 Å². The zero-order valence-electron chi connectivity index (χ0n) is 15.1. The van der Waals surface area contributed by atoms with Crippen LogP contribution in [0.25, 0.3) is 0 Å². The summed E-state index contributed by atoms with van der Waals surface area (Å²) >= 11 is 0. The molecule has 0 fully saturated rings. The molecule has 0 radical (unpaired) electrons. The van der Waals surface area contributed by atoms with Crippen molar-refractivity contribution in [2.45, 2.75) is 32.9 Å². The van der Waals surface area contributed by atoms with Crippen molar-refractivity contribution in [1.82, 2.24) is 4.98 Å². The van der Waals surface area contributed by atoms with Crippen LogP contribution in [0, 0.1) is 0 Å². The van der Waals surface area contributed by atoms with Crippen molar-refractivity contribution in [1.29, 1.82) is 0 Å². The van der Waals surface area contributed by atoms with Gasteiger partial charge in [0.05, 0.1) is 18.8 Å². The highest BCUT2D eigenvalue weighted by atomic mass is 19.4. The van der Waals surface area contributed by atoms with Crippen LogP contribution >= 0.6 is 0 Å². The Kier molecular flexibility index (Phi) is 7.04. The van der Waals surface area contributed by atoms with Gasteiger partial charge in [-0.2, -0.15) is 13.2 Å². The Hall–Kier alpha value is -2.77. The lowest BCUT2D eigenvalue weighted by Gasteiger charge is -2.14. The number of hydrogen-bond acceptors (Lipinski definition) is 4. The third kappa shape index (κ3) is 5.87. The number of halogens is 3. The fourth-order valence-corrected chi connectivity index (χ4v) is 2.14. The van der Waals surface area contributed by atoms with E-state index in [1.54, 1.807) is 18.2 Å². The predicted molar refractivity (Wildman–Crippen MR) is 95.2 cm³/mol. The van der Waals surface area contributed by atoms with E-state index in [2.05, 4.69) is 10.3 Å². The first-order chi connectivity index (χ1) is 12.8. The molecule has 5 nitrogen and oxygen atoms in total. The Labute approximate surface area is 155 Å². The molecule has 1 heterocycles. The van der Waals surface area contributed by atoms with Gasteiger partial charge < -0.3 is 14.8 Å². The highest BCUT2D eigenvalue weighted by molar-refractivity contribution is 6.04. The molecule has 1 aromatic carbocycles. The van der Waals surface area contributed by atoms with Crippen molar-refractivity contribution in [2.75, 3.05) is 18.5 Å². The number of pyridine rings is 1. The van der Waals surface area contributed by atoms with E-state index >= 15 is 0 Å². The minimum absolute atomic E-state index is 0.0188. The van der Waals surface area contributed by atoms with Crippen molar-refractivity contribution in [3.8, 4) is 11.5 Å². The van der Waals surface area contributed by atoms with E-state index in [9.17, 15) is 18.0 Å². The lowest BCUT2D eigenvalue weighted by atomic mass is 10.2. The average Bonchev–Trinajstić information content (AvgIpc) is 2.65. The highest BCUT2D eigenvalue weighted by Crippen LogP contribution is 2.31. The molecule has 8 heteroatoms. The SMILES string of the molecule is CCCOc1ccc(NC(=O)c2ccc(C(F)(F)F)nc2)cc1OCCC. The number of carbonyl (C=O) groups excluding carboxylic acids is 1. The molecule has 1 aromatic heterocycles. The Morgan fingerprint density at radius 3 is 2.26 bits per heavy atom. The number of rotatable bonds is 8. The summed E-state index contributed by atoms with van der Waals surface area (Å²) in [6.07, 6.45) is -2.01. The van der Waals surface area contributed by atoms with E-state index in [1.165, 1.54) is 0 Å². The number of amides is 1. The van der Waals surface area contributed by atoms with Gasteiger partial charge in [0, 0.05) is 18.0 Å². The Balaban J connectivity index is 2.14. The average molecular weight is 382 g/mol. The summed E-state index contributed by atoms with van der Waals surface area (Å²) in [5, 5.41) is 2.62. The van der Waals surface area contributed by atoms with E-state index < -0.39 is 17.8 Å². The number of nitrogens with zero attached hydrogens (tertiary/aromatic N) is 1. The fraction of sp³-hybridized carbons (Fsp3) is 0.368. The van der Waals surface area contributed by atoms with E-state index in [-0.39, 0.29) is 5.56 Å². The molecule has 0 spiro atoms. The van der Waals surface area contributed by atoms with Crippen LogP contribution in [0.2, 0.25) is 0 Å². The normalized spacial score (nSPS) is 11.1. The molecule has 0 saturated carbocycles. The van der Waals surface area contributed by atoms with Gasteiger partial charge in [-0.3, -0.25) is 9.78 Å². The van der Waals surface area contributed by atoms with Crippen LogP contribution in [-0.4, -0.2) is 24.1 Å². The summed E-state index contributed by atoms with van der Waals surface area (Å²) in [5.41, 5.74) is -0.591. The number of alkyl halides is 3. The molecule has 146 valence electrons. The standard InChI is InChI=1S/C19H21F3N2O3/c1-3-9-26-15-7-6-14(11-16(15)27-10-4-2)24-18(25)13-5-8-17(23-12-13)19(20,21)22/h5-8,11-12H,3-4,9-10H2,1-2H3,(H,24,25). The maximum atomic E-state index is 12.6. The number of carbonyl (C=O) groups is 1. The van der Waals surface area contributed by atoms with Gasteiger partial charge in [0.1, 0.15) is 5.69 Å². The lowest BCUT2D eigenvalue weighted by Crippen LogP contribution is -2.14. The molecule has 0 atom stereocenters. The Bertz CT molecular complexity index is 762. The van der Waals surface area contributed by atoms with Crippen molar-refractivity contribution >= 4 is 11.6 Å². The van der Waals surface area contributed by atoms with Gasteiger partial charge >= 0.3 is 6.18 Å². The monoisotopic (exact) mass is 382 g/mol. The molecule has 0 aliphatic rings. The maximum absolute atomic E-state index is 12.6. The van der Waals surface area contributed by atoms with Crippen LogP contribution in [0.5, 0.6) is 11.5 Å². The fourth-order valence-electron chi connectivity index (χ4n) is 2.14. The molecule has 2 rings (SSSR count). The first-order valence-electron chi connectivity index (χ1n) is 8.59. The second-order valence-corrected chi connectivity index (χ2v) is 5.74. The predicted octanol–water partition coefficient (Wildman–Crippen LogP) is 4.93. The third-order valence-electron chi connectivity index (χ3n) is 3.44. The maximum Gasteiger partial charge on any atom is 0.433 e. The van der Waals surface area contributed by atoms with Crippen LogP contribution in [0.4, 0.5) is 18.9 Å². The smallest absolute Gasteiger partial charge is 0.433 e. The summed E-state index contributed by atoms with van der Waals surface area (Å²) in [7, 11) is 0. The second-order valence-electron chi connectivity index (χ2n) is 5.74. The number of aromatic nitrogens is 1. The summed E-state index contributed by atoms with van der Waals surface area (Å²) in [5.74, 6) is 0.494.